The number of benzene rings is 14. The van der Waals surface area contributed by atoms with Crippen molar-refractivity contribution in [2.45, 2.75) is 5.41 Å². The minimum Gasteiger partial charge on any atom is -0.309 e. The maximum absolute atomic E-state index is 2.43. The molecule has 0 radical (unpaired) electrons. The molecule has 2 heterocycles. The number of hydrogen-bond donors (Lipinski definition) is 0. The molecule has 0 saturated heterocycles. The summed E-state index contributed by atoms with van der Waals surface area (Å²) >= 11 is 0. The lowest BCUT2D eigenvalue weighted by Crippen LogP contribution is -2.28. The highest BCUT2D eigenvalue weighted by molar-refractivity contribution is 6.13. The fourth-order valence-corrected chi connectivity index (χ4v) is 14.3. The second-order valence-corrected chi connectivity index (χ2v) is 23.2. The van der Waals surface area contributed by atoms with Gasteiger partial charge in [0.1, 0.15) is 0 Å². The van der Waals surface area contributed by atoms with E-state index < -0.39 is 5.41 Å². The van der Waals surface area contributed by atoms with Crippen LogP contribution < -0.4 is 0 Å². The number of fused-ring (bicyclic) bond motifs is 9. The predicted molar refractivity (Wildman–Crippen MR) is 365 cm³/mol. The van der Waals surface area contributed by atoms with Crippen molar-refractivity contribution in [1.82, 2.24) is 9.13 Å². The number of para-hydroxylation sites is 2. The Labute approximate surface area is 506 Å². The highest BCUT2D eigenvalue weighted by Crippen LogP contribution is 2.57. The summed E-state index contributed by atoms with van der Waals surface area (Å²) in [5.74, 6) is 0. The van der Waals surface area contributed by atoms with E-state index in [4.69, 9.17) is 0 Å². The van der Waals surface area contributed by atoms with Gasteiger partial charge in [0.2, 0.25) is 0 Å². The maximum Gasteiger partial charge on any atom is 0.0713 e. The molecular formula is C85H56N2. The lowest BCUT2D eigenvalue weighted by molar-refractivity contribution is 0.769. The number of rotatable bonds is 10. The SMILES string of the molecule is c1ccc(-c2ccc(-c3cccc(C4(c5cccc(-c6ccc(-c7ccc(-n8c9ccccc9c9cc(-c%10ccc%11c(c%10)c%10ccccc%10n%11-c%10ccc(-c%11ccccc%11)cc%10)ccc98)cc7)cc6)c5)c5ccccc5-c5ccccc54)c3)cc2)cc1. The Balaban J connectivity index is 0.682. The van der Waals surface area contributed by atoms with Gasteiger partial charge in [-0.05, 0) is 173 Å². The number of aromatic nitrogens is 2. The molecule has 0 N–H and O–H groups in total. The molecule has 1 aliphatic carbocycles. The zero-order valence-electron chi connectivity index (χ0n) is 47.7. The summed E-state index contributed by atoms with van der Waals surface area (Å²) in [6.45, 7) is 0. The zero-order chi connectivity index (χ0) is 57.4. The molecule has 0 bridgehead atoms. The Bertz CT molecular complexity index is 5230. The van der Waals surface area contributed by atoms with E-state index in [2.05, 4.69) is 349 Å². The first-order chi connectivity index (χ1) is 43.1. The van der Waals surface area contributed by atoms with Crippen LogP contribution in [-0.4, -0.2) is 9.13 Å². The Morgan fingerprint density at radius 2 is 0.471 bits per heavy atom. The van der Waals surface area contributed by atoms with Crippen LogP contribution in [0.5, 0.6) is 0 Å². The Kier molecular flexibility index (Phi) is 11.8. The third kappa shape index (κ3) is 8.25. The first kappa shape index (κ1) is 50.2. The summed E-state index contributed by atoms with van der Waals surface area (Å²) in [5, 5.41) is 4.96. The second kappa shape index (κ2) is 20.5. The van der Waals surface area contributed by atoms with E-state index in [0.29, 0.717) is 0 Å². The van der Waals surface area contributed by atoms with Gasteiger partial charge < -0.3 is 9.13 Å². The zero-order valence-corrected chi connectivity index (χ0v) is 47.7. The molecule has 16 aromatic rings. The standard InChI is InChI=1S/C85H56N2/c1-3-17-57(18-4-1)59-33-37-63(38-34-59)65-21-15-23-69(53-65)85(79-29-11-7-25-73(79)74-26-8-12-30-80(74)85)70-24-16-22-66(54-70)64-39-35-60(36-40-64)62-43-49-72(50-44-62)87-82-32-14-10-28-76(82)78-56-68(46-52-84(78)87)67-45-51-83-77(55-67)75-27-9-13-31-81(75)86(83)71-47-41-61(42-48-71)58-19-5-2-6-20-58/h1-56H. The molecule has 0 fully saturated rings. The molecule has 0 atom stereocenters. The molecule has 0 amide bonds. The summed E-state index contributed by atoms with van der Waals surface area (Å²) in [6, 6.07) is 126. The fraction of sp³-hybridized carbons (Fsp3) is 0.0118. The summed E-state index contributed by atoms with van der Waals surface area (Å²) in [5.41, 5.74) is 28.6. The quantitative estimate of drug-likeness (QED) is 0.129. The molecule has 0 saturated carbocycles. The molecule has 2 nitrogen and oxygen atoms in total. The number of hydrogen-bond acceptors (Lipinski definition) is 0. The van der Waals surface area contributed by atoms with Crippen molar-refractivity contribution >= 4 is 43.6 Å². The van der Waals surface area contributed by atoms with Crippen molar-refractivity contribution in [3.63, 3.8) is 0 Å². The average Bonchev–Trinajstić information content (AvgIpc) is 1.64. The lowest BCUT2D eigenvalue weighted by Gasteiger charge is -2.34. The minimum absolute atomic E-state index is 0.541. The van der Waals surface area contributed by atoms with Crippen LogP contribution in [0, 0.1) is 0 Å². The predicted octanol–water partition coefficient (Wildman–Crippen LogP) is 22.2. The normalized spacial score (nSPS) is 12.5. The van der Waals surface area contributed by atoms with Crippen molar-refractivity contribution in [3.05, 3.63) is 362 Å². The van der Waals surface area contributed by atoms with Gasteiger partial charge in [0.05, 0.1) is 27.5 Å². The van der Waals surface area contributed by atoms with Crippen molar-refractivity contribution < 1.29 is 0 Å². The van der Waals surface area contributed by atoms with E-state index in [9.17, 15) is 0 Å². The average molecular weight is 1110 g/mol. The van der Waals surface area contributed by atoms with Gasteiger partial charge in [-0.3, -0.25) is 0 Å². The van der Waals surface area contributed by atoms with Gasteiger partial charge in [-0.25, -0.2) is 0 Å². The largest absolute Gasteiger partial charge is 0.309 e. The molecule has 14 aromatic carbocycles. The van der Waals surface area contributed by atoms with E-state index in [0.717, 1.165) is 11.4 Å². The fourth-order valence-electron chi connectivity index (χ4n) is 14.3. The highest BCUT2D eigenvalue weighted by Gasteiger charge is 2.46. The van der Waals surface area contributed by atoms with Crippen LogP contribution in [0.15, 0.2) is 340 Å². The summed E-state index contributed by atoms with van der Waals surface area (Å²) in [6.07, 6.45) is 0. The topological polar surface area (TPSA) is 9.86 Å². The molecule has 406 valence electrons. The summed E-state index contributed by atoms with van der Waals surface area (Å²) in [4.78, 5) is 0. The van der Waals surface area contributed by atoms with E-state index in [1.165, 1.54) is 144 Å². The Hall–Kier alpha value is -11.3. The van der Waals surface area contributed by atoms with Crippen LogP contribution in [0.2, 0.25) is 0 Å². The molecular weight excluding hydrogens is 1050 g/mol. The highest BCUT2D eigenvalue weighted by atomic mass is 15.0. The third-order valence-electron chi connectivity index (χ3n) is 18.5. The van der Waals surface area contributed by atoms with Gasteiger partial charge in [-0.15, -0.1) is 0 Å². The second-order valence-electron chi connectivity index (χ2n) is 23.2. The van der Waals surface area contributed by atoms with E-state index in [1.807, 2.05) is 0 Å². The van der Waals surface area contributed by atoms with Crippen molar-refractivity contribution in [1.29, 1.82) is 0 Å². The third-order valence-corrected chi connectivity index (χ3v) is 18.5. The molecule has 0 spiro atoms. The van der Waals surface area contributed by atoms with Gasteiger partial charge in [0.15, 0.2) is 0 Å². The molecule has 0 aliphatic heterocycles. The van der Waals surface area contributed by atoms with Crippen LogP contribution in [0.3, 0.4) is 0 Å². The van der Waals surface area contributed by atoms with Crippen LogP contribution >= 0.6 is 0 Å². The van der Waals surface area contributed by atoms with Gasteiger partial charge in [-0.1, -0.05) is 267 Å². The summed E-state index contributed by atoms with van der Waals surface area (Å²) in [7, 11) is 0. The van der Waals surface area contributed by atoms with Gasteiger partial charge in [0.25, 0.3) is 0 Å². The van der Waals surface area contributed by atoms with E-state index >= 15 is 0 Å². The minimum atomic E-state index is -0.541. The first-order valence-electron chi connectivity index (χ1n) is 30.1. The van der Waals surface area contributed by atoms with Crippen LogP contribution in [0.1, 0.15) is 22.3 Å². The van der Waals surface area contributed by atoms with E-state index in [-0.39, 0.29) is 0 Å². The van der Waals surface area contributed by atoms with Crippen molar-refractivity contribution in [2.24, 2.45) is 0 Å². The van der Waals surface area contributed by atoms with Crippen LogP contribution in [0.25, 0.3) is 133 Å². The van der Waals surface area contributed by atoms with Gasteiger partial charge in [-0.2, -0.15) is 0 Å². The van der Waals surface area contributed by atoms with Crippen molar-refractivity contribution in [3.8, 4) is 89.3 Å². The van der Waals surface area contributed by atoms with E-state index in [1.54, 1.807) is 0 Å². The Morgan fingerprint density at radius 3 is 0.885 bits per heavy atom. The van der Waals surface area contributed by atoms with Crippen molar-refractivity contribution in [2.75, 3.05) is 0 Å². The molecule has 0 unspecified atom stereocenters. The number of nitrogens with zero attached hydrogens (tertiary/aromatic N) is 2. The Morgan fingerprint density at radius 1 is 0.184 bits per heavy atom. The first-order valence-corrected chi connectivity index (χ1v) is 30.1. The monoisotopic (exact) mass is 1100 g/mol. The van der Waals surface area contributed by atoms with Crippen LogP contribution in [-0.2, 0) is 5.41 Å². The van der Waals surface area contributed by atoms with Gasteiger partial charge >= 0.3 is 0 Å². The maximum atomic E-state index is 2.43. The van der Waals surface area contributed by atoms with Gasteiger partial charge in [0, 0.05) is 32.9 Å². The molecule has 87 heavy (non-hydrogen) atoms. The van der Waals surface area contributed by atoms with Crippen LogP contribution in [0.4, 0.5) is 0 Å². The molecule has 1 aliphatic rings. The molecule has 17 rings (SSSR count). The summed E-state index contributed by atoms with van der Waals surface area (Å²) < 4.78 is 4.82. The lowest BCUT2D eigenvalue weighted by atomic mass is 9.67. The molecule has 2 aromatic heterocycles. The smallest absolute Gasteiger partial charge is 0.0713 e. The molecule has 2 heteroatoms.